The van der Waals surface area contributed by atoms with E-state index in [2.05, 4.69) is 33.2 Å². The zero-order valence-corrected chi connectivity index (χ0v) is 11.5. The molecule has 1 heterocycles. The van der Waals surface area contributed by atoms with Gasteiger partial charge in [-0.1, -0.05) is 19.8 Å². The van der Waals surface area contributed by atoms with Crippen molar-refractivity contribution in [3.63, 3.8) is 0 Å². The Balaban J connectivity index is 2.01. The molecule has 0 spiro atoms. The third-order valence-corrected chi connectivity index (χ3v) is 3.83. The zero-order valence-electron chi connectivity index (χ0n) is 9.95. The summed E-state index contributed by atoms with van der Waals surface area (Å²) in [4.78, 5) is 16.0. The Morgan fingerprint density at radius 3 is 2.88 bits per heavy atom. The molecule has 1 fully saturated rings. The van der Waals surface area contributed by atoms with Crippen molar-refractivity contribution in [2.24, 2.45) is 5.92 Å². The van der Waals surface area contributed by atoms with Gasteiger partial charge in [0.1, 0.15) is 0 Å². The van der Waals surface area contributed by atoms with E-state index in [-0.39, 0.29) is 5.91 Å². The predicted molar refractivity (Wildman–Crippen MR) is 70.8 cm³/mol. The van der Waals surface area contributed by atoms with Gasteiger partial charge in [0.15, 0.2) is 0 Å². The lowest BCUT2D eigenvalue weighted by molar-refractivity contribution is 0.0910. The fourth-order valence-corrected chi connectivity index (χ4v) is 2.68. The van der Waals surface area contributed by atoms with Crippen molar-refractivity contribution in [3.05, 3.63) is 28.5 Å². The summed E-state index contributed by atoms with van der Waals surface area (Å²) >= 11 is 3.33. The van der Waals surface area contributed by atoms with Gasteiger partial charge in [0, 0.05) is 22.9 Å². The fourth-order valence-electron chi connectivity index (χ4n) is 2.32. The van der Waals surface area contributed by atoms with Crippen LogP contribution in [0.25, 0.3) is 0 Å². The second-order valence-corrected chi connectivity index (χ2v) is 5.65. The first kappa shape index (κ1) is 12.6. The number of carbonyl (C=O) groups is 1. The first-order chi connectivity index (χ1) is 8.16. The summed E-state index contributed by atoms with van der Waals surface area (Å²) < 4.78 is 0.835. The molecule has 0 unspecified atom stereocenters. The maximum atomic E-state index is 12.0. The number of hydrogen-bond acceptors (Lipinski definition) is 2. The molecule has 1 N–H and O–H groups in total. The van der Waals surface area contributed by atoms with E-state index in [9.17, 15) is 4.79 Å². The van der Waals surface area contributed by atoms with Crippen LogP contribution in [-0.2, 0) is 0 Å². The Morgan fingerprint density at radius 2 is 2.18 bits per heavy atom. The average Bonchev–Trinajstić information content (AvgIpc) is 2.32. The largest absolute Gasteiger partial charge is 0.349 e. The van der Waals surface area contributed by atoms with Gasteiger partial charge in [0.05, 0.1) is 5.56 Å². The van der Waals surface area contributed by atoms with Gasteiger partial charge in [-0.25, -0.2) is 0 Å². The maximum Gasteiger partial charge on any atom is 0.253 e. The van der Waals surface area contributed by atoms with Gasteiger partial charge >= 0.3 is 0 Å². The molecule has 1 aromatic rings. The van der Waals surface area contributed by atoms with E-state index in [1.165, 1.54) is 19.3 Å². The Hall–Kier alpha value is -0.900. The van der Waals surface area contributed by atoms with Crippen LogP contribution in [0.5, 0.6) is 0 Å². The average molecular weight is 297 g/mol. The van der Waals surface area contributed by atoms with Crippen LogP contribution < -0.4 is 5.32 Å². The number of hydrogen-bond donors (Lipinski definition) is 1. The Bertz CT molecular complexity index is 408. The van der Waals surface area contributed by atoms with Gasteiger partial charge in [-0.05, 0) is 40.8 Å². The minimum Gasteiger partial charge on any atom is -0.349 e. The number of aromatic nitrogens is 1. The van der Waals surface area contributed by atoms with E-state index in [4.69, 9.17) is 0 Å². The van der Waals surface area contributed by atoms with E-state index in [0.29, 0.717) is 17.5 Å². The fraction of sp³-hybridized carbons (Fsp3) is 0.538. The number of carbonyl (C=O) groups excluding carboxylic acids is 1. The van der Waals surface area contributed by atoms with E-state index >= 15 is 0 Å². The smallest absolute Gasteiger partial charge is 0.253 e. The minimum absolute atomic E-state index is 0.0162. The highest BCUT2D eigenvalue weighted by molar-refractivity contribution is 9.10. The molecular formula is C13H17BrN2O. The molecule has 1 aromatic heterocycles. The standard InChI is InChI=1S/C13H17BrN2O/c1-9-4-2-3-5-12(9)16-13(17)10-6-11(14)8-15-7-10/h6-9,12H,2-5H2,1H3,(H,16,17)/t9-,12+/m0/s1. The molecule has 1 aliphatic carbocycles. The molecule has 0 aliphatic heterocycles. The third-order valence-electron chi connectivity index (χ3n) is 3.40. The summed E-state index contributed by atoms with van der Waals surface area (Å²) in [6, 6.07) is 2.12. The van der Waals surface area contributed by atoms with Crippen molar-refractivity contribution in [1.82, 2.24) is 10.3 Å². The van der Waals surface area contributed by atoms with Gasteiger partial charge in [-0.3, -0.25) is 9.78 Å². The van der Waals surface area contributed by atoms with Gasteiger partial charge in [0.2, 0.25) is 0 Å². The number of halogens is 1. The molecule has 3 nitrogen and oxygen atoms in total. The summed E-state index contributed by atoms with van der Waals surface area (Å²) in [5.74, 6) is 0.561. The summed E-state index contributed by atoms with van der Waals surface area (Å²) in [5, 5.41) is 3.11. The molecule has 0 bridgehead atoms. The van der Waals surface area contributed by atoms with E-state index in [1.807, 2.05) is 0 Å². The van der Waals surface area contributed by atoms with Crippen LogP contribution in [0.2, 0.25) is 0 Å². The molecule has 92 valence electrons. The maximum absolute atomic E-state index is 12.0. The van der Waals surface area contributed by atoms with Crippen molar-refractivity contribution < 1.29 is 4.79 Å². The summed E-state index contributed by atoms with van der Waals surface area (Å²) in [6.45, 7) is 2.21. The lowest BCUT2D eigenvalue weighted by atomic mass is 9.86. The van der Waals surface area contributed by atoms with Gasteiger partial charge in [-0.15, -0.1) is 0 Å². The monoisotopic (exact) mass is 296 g/mol. The Morgan fingerprint density at radius 1 is 1.41 bits per heavy atom. The minimum atomic E-state index is -0.0162. The van der Waals surface area contributed by atoms with Crippen molar-refractivity contribution in [2.45, 2.75) is 38.6 Å². The number of pyridine rings is 1. The SMILES string of the molecule is C[C@H]1CCCC[C@H]1NC(=O)c1cncc(Br)c1. The van der Waals surface area contributed by atoms with Crippen LogP contribution >= 0.6 is 15.9 Å². The first-order valence-electron chi connectivity index (χ1n) is 6.08. The van der Waals surface area contributed by atoms with E-state index in [1.54, 1.807) is 18.5 Å². The second kappa shape index (κ2) is 5.63. The van der Waals surface area contributed by atoms with Gasteiger partial charge < -0.3 is 5.32 Å². The van der Waals surface area contributed by atoms with E-state index in [0.717, 1.165) is 10.9 Å². The van der Waals surface area contributed by atoms with Crippen molar-refractivity contribution in [1.29, 1.82) is 0 Å². The summed E-state index contributed by atoms with van der Waals surface area (Å²) in [6.07, 6.45) is 8.08. The van der Waals surface area contributed by atoms with Gasteiger partial charge in [-0.2, -0.15) is 0 Å². The van der Waals surface area contributed by atoms with Crippen molar-refractivity contribution >= 4 is 21.8 Å². The molecule has 0 aromatic carbocycles. The van der Waals surface area contributed by atoms with Crippen LogP contribution in [0.3, 0.4) is 0 Å². The highest BCUT2D eigenvalue weighted by Gasteiger charge is 2.23. The molecule has 1 saturated carbocycles. The molecule has 0 saturated heterocycles. The zero-order chi connectivity index (χ0) is 12.3. The molecule has 2 rings (SSSR count). The molecule has 4 heteroatoms. The normalized spacial score (nSPS) is 24.4. The van der Waals surface area contributed by atoms with Crippen molar-refractivity contribution in [2.75, 3.05) is 0 Å². The lowest BCUT2D eigenvalue weighted by Crippen LogP contribution is -2.41. The highest BCUT2D eigenvalue weighted by atomic mass is 79.9. The lowest BCUT2D eigenvalue weighted by Gasteiger charge is -2.29. The van der Waals surface area contributed by atoms with Crippen molar-refractivity contribution in [3.8, 4) is 0 Å². The van der Waals surface area contributed by atoms with Crippen LogP contribution in [0, 0.1) is 5.92 Å². The first-order valence-corrected chi connectivity index (χ1v) is 6.87. The Kier molecular flexibility index (Phi) is 4.15. The molecule has 0 radical (unpaired) electrons. The number of nitrogens with zero attached hydrogens (tertiary/aromatic N) is 1. The molecule has 17 heavy (non-hydrogen) atoms. The number of nitrogens with one attached hydrogen (secondary N) is 1. The second-order valence-electron chi connectivity index (χ2n) is 4.73. The molecule has 2 atom stereocenters. The van der Waals surface area contributed by atoms with Crippen LogP contribution in [-0.4, -0.2) is 16.9 Å². The summed E-state index contributed by atoms with van der Waals surface area (Å²) in [5.41, 5.74) is 0.622. The van der Waals surface area contributed by atoms with Crippen LogP contribution in [0.1, 0.15) is 43.0 Å². The Labute approximate surface area is 110 Å². The number of rotatable bonds is 2. The third kappa shape index (κ3) is 3.28. The molecule has 1 amide bonds. The highest BCUT2D eigenvalue weighted by Crippen LogP contribution is 2.24. The van der Waals surface area contributed by atoms with Crippen LogP contribution in [0.15, 0.2) is 22.9 Å². The summed E-state index contributed by atoms with van der Waals surface area (Å²) in [7, 11) is 0. The topological polar surface area (TPSA) is 42.0 Å². The molecule has 1 aliphatic rings. The van der Waals surface area contributed by atoms with E-state index < -0.39 is 0 Å². The number of amides is 1. The molecular weight excluding hydrogens is 280 g/mol. The van der Waals surface area contributed by atoms with Gasteiger partial charge in [0.25, 0.3) is 5.91 Å². The predicted octanol–water partition coefficient (Wildman–Crippen LogP) is 3.15. The quantitative estimate of drug-likeness (QED) is 0.911. The van der Waals surface area contributed by atoms with Crippen LogP contribution in [0.4, 0.5) is 0 Å².